The molecule has 0 saturated carbocycles. The highest BCUT2D eigenvalue weighted by Crippen LogP contribution is 2.14. The van der Waals surface area contributed by atoms with Crippen LogP contribution in [0.15, 0.2) is 53.5 Å². The zero-order chi connectivity index (χ0) is 33.0. The van der Waals surface area contributed by atoms with Crippen LogP contribution in [0.4, 0.5) is 0 Å². The van der Waals surface area contributed by atoms with Crippen molar-refractivity contribution in [3.05, 3.63) is 80.6 Å². The molecule has 240 valence electrons. The number of unbranched alkanes of at least 4 members (excludes halogenated alkanes) is 3. The lowest BCUT2D eigenvalue weighted by Gasteiger charge is -2.16. The fourth-order valence-electron chi connectivity index (χ4n) is 4.41. The molecule has 0 atom stereocenters. The smallest absolute Gasteiger partial charge is 0.306 e. The topological polar surface area (TPSA) is 152 Å². The van der Waals surface area contributed by atoms with Crippen LogP contribution in [-0.2, 0) is 38.0 Å². The number of aromatic nitrogens is 1. The number of pyridine rings is 1. The van der Waals surface area contributed by atoms with Gasteiger partial charge in [-0.2, -0.15) is 8.42 Å². The minimum atomic E-state index is -4.11. The second-order valence-electron chi connectivity index (χ2n) is 10.5. The third-order valence-electron chi connectivity index (χ3n) is 6.97. The average Bonchev–Trinajstić information content (AvgIpc) is 3.00. The van der Waals surface area contributed by atoms with Gasteiger partial charge in [0.1, 0.15) is 5.56 Å². The monoisotopic (exact) mass is 657 g/mol. The van der Waals surface area contributed by atoms with E-state index in [0.717, 1.165) is 18.4 Å². The molecule has 3 aromatic rings. The summed E-state index contributed by atoms with van der Waals surface area (Å²) in [6.45, 7) is 0.0501. The summed E-state index contributed by atoms with van der Waals surface area (Å²) in [4.78, 5) is 51.3. The fraction of sp³-hybridized carbons (Fsp3) is 0.375. The van der Waals surface area contributed by atoms with Crippen molar-refractivity contribution in [2.45, 2.75) is 45.1 Å². The summed E-state index contributed by atoms with van der Waals surface area (Å²) in [6, 6.07) is 12.1. The van der Waals surface area contributed by atoms with E-state index in [9.17, 15) is 27.6 Å². The largest absolute Gasteiger partial charge is 0.452 e. The van der Waals surface area contributed by atoms with Gasteiger partial charge in [-0.1, -0.05) is 48.4 Å². The molecule has 2 N–H and O–H groups in total. The summed E-state index contributed by atoms with van der Waals surface area (Å²) >= 11 is 5.90. The summed E-state index contributed by atoms with van der Waals surface area (Å²) in [7, 11) is -0.884. The maximum atomic E-state index is 13.2. The second kappa shape index (κ2) is 16.8. The van der Waals surface area contributed by atoms with Gasteiger partial charge in [0.2, 0.25) is 11.3 Å². The number of nitrogens with zero attached hydrogens (tertiary/aromatic N) is 2. The maximum absolute atomic E-state index is 13.2. The van der Waals surface area contributed by atoms with Gasteiger partial charge < -0.3 is 19.5 Å². The Balaban J connectivity index is 1.44. The number of aryl methyl sites for hydroxylation is 1. The van der Waals surface area contributed by atoms with Gasteiger partial charge in [0, 0.05) is 62.2 Å². The van der Waals surface area contributed by atoms with E-state index in [1.165, 1.54) is 18.1 Å². The summed E-state index contributed by atoms with van der Waals surface area (Å²) < 4.78 is 37.2. The van der Waals surface area contributed by atoms with Gasteiger partial charge in [0.15, 0.2) is 6.61 Å². The van der Waals surface area contributed by atoms with Crippen molar-refractivity contribution in [2.24, 2.45) is 7.05 Å². The predicted molar refractivity (Wildman–Crippen MR) is 171 cm³/mol. The van der Waals surface area contributed by atoms with Crippen molar-refractivity contribution >= 4 is 50.4 Å². The molecule has 2 aromatic carbocycles. The van der Waals surface area contributed by atoms with Crippen LogP contribution in [0, 0.1) is 11.8 Å². The molecule has 45 heavy (non-hydrogen) atoms. The van der Waals surface area contributed by atoms with E-state index < -0.39 is 33.2 Å². The maximum Gasteiger partial charge on any atom is 0.306 e. The Morgan fingerprint density at radius 2 is 1.73 bits per heavy atom. The van der Waals surface area contributed by atoms with E-state index in [1.807, 2.05) is 0 Å². The van der Waals surface area contributed by atoms with Crippen molar-refractivity contribution in [2.75, 3.05) is 26.0 Å². The lowest BCUT2D eigenvalue weighted by atomic mass is 10.1. The first kappa shape index (κ1) is 35.3. The van der Waals surface area contributed by atoms with E-state index >= 15 is 0 Å². The number of carbonyl (C=O) groups excluding carboxylic acids is 3. The number of esters is 1. The number of benzene rings is 2. The van der Waals surface area contributed by atoms with Gasteiger partial charge in [-0.25, -0.2) is 0 Å². The molecule has 0 spiro atoms. The van der Waals surface area contributed by atoms with Crippen LogP contribution in [0.2, 0.25) is 5.02 Å². The zero-order valence-corrected chi connectivity index (χ0v) is 26.7. The van der Waals surface area contributed by atoms with Gasteiger partial charge in [0.25, 0.3) is 16.0 Å². The minimum Gasteiger partial charge on any atom is -0.452 e. The number of ether oxygens (including phenoxy) is 1. The number of fused-ring (bicyclic) bond motifs is 1. The Kier molecular flexibility index (Phi) is 13.2. The normalized spacial score (nSPS) is 11.0. The van der Waals surface area contributed by atoms with Gasteiger partial charge in [0.05, 0.1) is 11.3 Å². The lowest BCUT2D eigenvalue weighted by Crippen LogP contribution is -2.31. The van der Waals surface area contributed by atoms with Crippen LogP contribution < -0.4 is 10.7 Å². The molecule has 0 fully saturated rings. The molecule has 1 heterocycles. The quantitative estimate of drug-likeness (QED) is 0.115. The molecule has 0 saturated heterocycles. The second-order valence-corrected chi connectivity index (χ2v) is 12.5. The molecular formula is C32H36ClN3O8S. The van der Waals surface area contributed by atoms with Crippen molar-refractivity contribution in [3.8, 4) is 11.8 Å². The Hall–Kier alpha value is -4.18. The Morgan fingerprint density at radius 1 is 1.04 bits per heavy atom. The average molecular weight is 658 g/mol. The van der Waals surface area contributed by atoms with Gasteiger partial charge in [-0.05, 0) is 48.7 Å². The molecule has 1 aromatic heterocycles. The zero-order valence-electron chi connectivity index (χ0n) is 25.2. The number of hydrogen-bond donors (Lipinski definition) is 2. The van der Waals surface area contributed by atoms with E-state index in [1.54, 1.807) is 54.1 Å². The third-order valence-corrected chi connectivity index (χ3v) is 7.92. The van der Waals surface area contributed by atoms with E-state index in [2.05, 4.69) is 17.2 Å². The number of nitrogens with one attached hydrogen (secondary N) is 1. The molecule has 2 amide bonds. The molecular weight excluding hydrogens is 622 g/mol. The highest BCUT2D eigenvalue weighted by Gasteiger charge is 2.15. The molecule has 0 unspecified atom stereocenters. The van der Waals surface area contributed by atoms with Crippen LogP contribution in [0.1, 0.15) is 60.0 Å². The van der Waals surface area contributed by atoms with E-state index in [-0.39, 0.29) is 44.0 Å². The van der Waals surface area contributed by atoms with Crippen LogP contribution in [0.25, 0.3) is 10.9 Å². The van der Waals surface area contributed by atoms with Crippen molar-refractivity contribution in [1.82, 2.24) is 14.8 Å². The molecule has 13 heteroatoms. The molecule has 0 aliphatic heterocycles. The first-order valence-corrected chi connectivity index (χ1v) is 16.3. The van der Waals surface area contributed by atoms with Gasteiger partial charge in [-0.3, -0.25) is 23.7 Å². The summed E-state index contributed by atoms with van der Waals surface area (Å²) in [5.74, 6) is 4.07. The van der Waals surface area contributed by atoms with Crippen LogP contribution in [0.5, 0.6) is 0 Å². The number of halogens is 1. The Bertz CT molecular complexity index is 1760. The Morgan fingerprint density at radius 3 is 2.42 bits per heavy atom. The standard InChI is InChI=1S/C32H36ClN3O8S/c1-35(17-19-45(41,42)43)29(37)9-5-3-4-6-10-30(38)44-18-7-8-23-13-16-28-26(20-23)31(39)27(22-36(28)2)32(40)34-21-24-11-14-25(33)15-12-24/h11-16,20,22H,3-6,9-10,17-19,21H2,1-2H3,(H,34,40)(H,41,42,43). The van der Waals surface area contributed by atoms with Crippen LogP contribution in [0.3, 0.4) is 0 Å². The highest BCUT2D eigenvalue weighted by molar-refractivity contribution is 7.85. The predicted octanol–water partition coefficient (Wildman–Crippen LogP) is 3.70. The molecule has 0 aliphatic rings. The molecule has 0 aliphatic carbocycles. The van der Waals surface area contributed by atoms with Crippen LogP contribution in [-0.4, -0.2) is 66.2 Å². The number of amides is 2. The van der Waals surface area contributed by atoms with Crippen molar-refractivity contribution in [1.29, 1.82) is 0 Å². The third kappa shape index (κ3) is 11.7. The van der Waals surface area contributed by atoms with Crippen LogP contribution >= 0.6 is 11.6 Å². The summed E-state index contributed by atoms with van der Waals surface area (Å²) in [6.07, 6.45) is 4.58. The molecule has 3 rings (SSSR count). The van der Waals surface area contributed by atoms with Crippen molar-refractivity contribution in [3.63, 3.8) is 0 Å². The first-order valence-electron chi connectivity index (χ1n) is 14.3. The van der Waals surface area contributed by atoms with E-state index in [4.69, 9.17) is 20.9 Å². The highest BCUT2D eigenvalue weighted by atomic mass is 35.5. The van der Waals surface area contributed by atoms with Crippen molar-refractivity contribution < 1.29 is 32.1 Å². The molecule has 0 radical (unpaired) electrons. The summed E-state index contributed by atoms with van der Waals surface area (Å²) in [5.41, 5.74) is 1.61. The van der Waals surface area contributed by atoms with Gasteiger partial charge >= 0.3 is 5.97 Å². The first-order chi connectivity index (χ1) is 21.3. The molecule has 11 nitrogen and oxygen atoms in total. The Labute approximate surface area is 267 Å². The minimum absolute atomic E-state index is 0.00705. The van der Waals surface area contributed by atoms with Gasteiger partial charge in [-0.15, -0.1) is 0 Å². The SMILES string of the molecule is CN(CCS(=O)(=O)O)C(=O)CCCCCCC(=O)OCC#Cc1ccc2c(c1)c(=O)c(C(=O)NCc1ccc(Cl)cc1)cn2C. The lowest BCUT2D eigenvalue weighted by molar-refractivity contribution is -0.142. The number of rotatable bonds is 14. The number of hydrogen-bond acceptors (Lipinski definition) is 7. The molecule has 0 bridgehead atoms. The number of carbonyl (C=O) groups is 3. The summed E-state index contributed by atoms with van der Waals surface area (Å²) in [5, 5.41) is 3.69. The van der Waals surface area contributed by atoms with E-state index in [0.29, 0.717) is 34.3 Å². The fourth-order valence-corrected chi connectivity index (χ4v) is 5.04.